The summed E-state index contributed by atoms with van der Waals surface area (Å²) in [5.41, 5.74) is 1.20. The number of rotatable bonds is 12. The average molecular weight is 431 g/mol. The molecule has 1 aromatic carbocycles. The number of amides is 2. The van der Waals surface area contributed by atoms with Gasteiger partial charge in [0.1, 0.15) is 0 Å². The van der Waals surface area contributed by atoms with Crippen molar-refractivity contribution in [1.82, 2.24) is 10.2 Å². The van der Waals surface area contributed by atoms with Crippen LogP contribution in [-0.4, -0.2) is 48.6 Å². The molecule has 31 heavy (non-hydrogen) atoms. The minimum atomic E-state index is -0.318. The molecule has 1 aliphatic rings. The quantitative estimate of drug-likeness (QED) is 0.527. The summed E-state index contributed by atoms with van der Waals surface area (Å²) in [6, 6.07) is 10.2. The normalized spacial score (nSPS) is 20.2. The lowest BCUT2D eigenvalue weighted by Gasteiger charge is -2.34. The van der Waals surface area contributed by atoms with E-state index in [-0.39, 0.29) is 35.9 Å². The molecule has 1 saturated heterocycles. The lowest BCUT2D eigenvalue weighted by Crippen LogP contribution is -2.50. The van der Waals surface area contributed by atoms with Crippen molar-refractivity contribution < 1.29 is 14.3 Å². The van der Waals surface area contributed by atoms with Gasteiger partial charge in [-0.15, -0.1) is 0 Å². The molecule has 0 aliphatic carbocycles. The molecule has 5 heteroatoms. The largest absolute Gasteiger partial charge is 0.378 e. The van der Waals surface area contributed by atoms with Crippen molar-refractivity contribution in [2.75, 3.05) is 13.7 Å². The summed E-state index contributed by atoms with van der Waals surface area (Å²) in [4.78, 5) is 27.8. The van der Waals surface area contributed by atoms with Crippen LogP contribution in [0.1, 0.15) is 71.8 Å². The van der Waals surface area contributed by atoms with E-state index in [0.29, 0.717) is 12.3 Å². The minimum absolute atomic E-state index is 0.00801. The Balaban J connectivity index is 1.92. The van der Waals surface area contributed by atoms with Crippen LogP contribution >= 0.6 is 0 Å². The molecule has 5 atom stereocenters. The van der Waals surface area contributed by atoms with Crippen LogP contribution in [-0.2, 0) is 20.7 Å². The van der Waals surface area contributed by atoms with Crippen molar-refractivity contribution >= 4 is 11.8 Å². The second kappa shape index (κ2) is 12.8. The molecular weight excluding hydrogens is 388 g/mol. The minimum Gasteiger partial charge on any atom is -0.378 e. The second-order valence-electron chi connectivity index (χ2n) is 9.29. The van der Waals surface area contributed by atoms with E-state index in [1.807, 2.05) is 36.9 Å². The molecule has 0 spiro atoms. The molecule has 0 saturated carbocycles. The van der Waals surface area contributed by atoms with E-state index in [1.165, 1.54) is 5.56 Å². The number of likely N-dealkylation sites (tertiary alicyclic amines) is 1. The Morgan fingerprint density at radius 2 is 1.90 bits per heavy atom. The van der Waals surface area contributed by atoms with Gasteiger partial charge >= 0.3 is 0 Å². The third kappa shape index (κ3) is 7.64. The zero-order valence-electron chi connectivity index (χ0n) is 20.1. The van der Waals surface area contributed by atoms with Gasteiger partial charge in [-0.2, -0.15) is 0 Å². The first-order chi connectivity index (χ1) is 14.9. The van der Waals surface area contributed by atoms with Crippen LogP contribution in [0.3, 0.4) is 0 Å². The van der Waals surface area contributed by atoms with Gasteiger partial charge < -0.3 is 15.0 Å². The van der Waals surface area contributed by atoms with Crippen molar-refractivity contribution in [1.29, 1.82) is 0 Å². The van der Waals surface area contributed by atoms with Crippen LogP contribution in [0.4, 0.5) is 0 Å². The summed E-state index contributed by atoms with van der Waals surface area (Å²) in [7, 11) is 1.66. The standard InChI is InChI=1S/C26H42N2O3/c1-6-19(2)12-10-16-24(29)28-17-11-15-23(28)25(31-5)21(4)26(30)27-20(3)18-22-13-8-7-9-14-22/h7-9,13-14,19-21,23,25H,6,10-12,15-18H2,1-5H3,(H,27,30)/t19-,20+,21+,23-,25?/m1/s1. The maximum absolute atomic E-state index is 13.0. The van der Waals surface area contributed by atoms with Gasteiger partial charge in [-0.1, -0.05) is 63.9 Å². The summed E-state index contributed by atoms with van der Waals surface area (Å²) in [6.45, 7) is 9.15. The maximum Gasteiger partial charge on any atom is 0.225 e. The number of carbonyl (C=O) groups is 2. The van der Waals surface area contributed by atoms with Gasteiger partial charge in [-0.05, 0) is 44.1 Å². The van der Waals surface area contributed by atoms with Crippen LogP contribution in [0.2, 0.25) is 0 Å². The van der Waals surface area contributed by atoms with E-state index in [0.717, 1.165) is 45.1 Å². The Morgan fingerprint density at radius 1 is 1.19 bits per heavy atom. The second-order valence-corrected chi connectivity index (χ2v) is 9.29. The summed E-state index contributed by atoms with van der Waals surface area (Å²) in [6.07, 6.45) is 6.14. The number of nitrogens with one attached hydrogen (secondary N) is 1. The molecule has 0 aromatic heterocycles. The van der Waals surface area contributed by atoms with Gasteiger partial charge in [0, 0.05) is 26.1 Å². The smallest absolute Gasteiger partial charge is 0.225 e. The predicted molar refractivity (Wildman–Crippen MR) is 126 cm³/mol. The molecule has 1 aromatic rings. The molecule has 1 heterocycles. The molecule has 1 N–H and O–H groups in total. The third-order valence-electron chi connectivity index (χ3n) is 6.74. The van der Waals surface area contributed by atoms with Crippen LogP contribution in [0, 0.1) is 11.8 Å². The molecule has 5 nitrogen and oxygen atoms in total. The van der Waals surface area contributed by atoms with E-state index in [9.17, 15) is 9.59 Å². The highest BCUT2D eigenvalue weighted by Crippen LogP contribution is 2.27. The van der Waals surface area contributed by atoms with Gasteiger partial charge in [-0.3, -0.25) is 9.59 Å². The lowest BCUT2D eigenvalue weighted by molar-refractivity contribution is -0.140. The Hall–Kier alpha value is -1.88. The third-order valence-corrected chi connectivity index (χ3v) is 6.74. The molecular formula is C26H42N2O3. The highest BCUT2D eigenvalue weighted by Gasteiger charge is 2.39. The number of carbonyl (C=O) groups excluding carboxylic acids is 2. The fourth-order valence-corrected chi connectivity index (χ4v) is 4.63. The first-order valence-electron chi connectivity index (χ1n) is 12.0. The number of hydrogen-bond donors (Lipinski definition) is 1. The molecule has 174 valence electrons. The number of methoxy groups -OCH3 is 1. The van der Waals surface area contributed by atoms with Gasteiger partial charge in [0.2, 0.25) is 11.8 Å². The summed E-state index contributed by atoms with van der Waals surface area (Å²) >= 11 is 0. The number of nitrogens with zero attached hydrogens (tertiary/aromatic N) is 1. The van der Waals surface area contributed by atoms with Gasteiger partial charge in [0.15, 0.2) is 0 Å². The van der Waals surface area contributed by atoms with Gasteiger partial charge in [-0.25, -0.2) is 0 Å². The number of ether oxygens (including phenoxy) is 1. The van der Waals surface area contributed by atoms with Crippen molar-refractivity contribution in [3.63, 3.8) is 0 Å². The molecule has 1 aliphatic heterocycles. The maximum atomic E-state index is 13.0. The average Bonchev–Trinajstić information content (AvgIpc) is 3.24. The SMILES string of the molecule is CC[C@@H](C)CCCC(=O)N1CCC[C@@H]1C(OC)[C@H](C)C(=O)N[C@@H](C)Cc1ccccc1. The fourth-order valence-electron chi connectivity index (χ4n) is 4.63. The van der Waals surface area contributed by atoms with E-state index >= 15 is 0 Å². The van der Waals surface area contributed by atoms with Crippen LogP contribution < -0.4 is 5.32 Å². The first-order valence-corrected chi connectivity index (χ1v) is 12.0. The van der Waals surface area contributed by atoms with Crippen molar-refractivity contribution in [3.8, 4) is 0 Å². The van der Waals surface area contributed by atoms with Crippen molar-refractivity contribution in [2.24, 2.45) is 11.8 Å². The lowest BCUT2D eigenvalue weighted by atomic mass is 9.94. The summed E-state index contributed by atoms with van der Waals surface area (Å²) in [5.74, 6) is 0.543. The molecule has 0 bridgehead atoms. The van der Waals surface area contributed by atoms with Crippen molar-refractivity contribution in [3.05, 3.63) is 35.9 Å². The Morgan fingerprint density at radius 3 is 2.55 bits per heavy atom. The zero-order valence-corrected chi connectivity index (χ0v) is 20.1. The highest BCUT2D eigenvalue weighted by molar-refractivity contribution is 5.80. The first kappa shape index (κ1) is 25.4. The van der Waals surface area contributed by atoms with Crippen LogP contribution in [0.15, 0.2) is 30.3 Å². The van der Waals surface area contributed by atoms with Gasteiger partial charge in [0.05, 0.1) is 18.1 Å². The van der Waals surface area contributed by atoms with E-state index < -0.39 is 0 Å². The molecule has 0 radical (unpaired) electrons. The van der Waals surface area contributed by atoms with E-state index in [4.69, 9.17) is 4.74 Å². The molecule has 1 unspecified atom stereocenters. The predicted octanol–water partition coefficient (Wildman–Crippen LogP) is 4.59. The van der Waals surface area contributed by atoms with E-state index in [2.05, 4.69) is 31.3 Å². The Labute approximate surface area is 188 Å². The Kier molecular flexibility index (Phi) is 10.5. The monoisotopic (exact) mass is 430 g/mol. The van der Waals surface area contributed by atoms with Crippen LogP contribution in [0.5, 0.6) is 0 Å². The zero-order chi connectivity index (χ0) is 22.8. The summed E-state index contributed by atoms with van der Waals surface area (Å²) in [5, 5.41) is 3.14. The van der Waals surface area contributed by atoms with Gasteiger partial charge in [0.25, 0.3) is 0 Å². The molecule has 2 rings (SSSR count). The highest BCUT2D eigenvalue weighted by atomic mass is 16.5. The fraction of sp³-hybridized carbons (Fsp3) is 0.692. The number of benzene rings is 1. The van der Waals surface area contributed by atoms with Crippen molar-refractivity contribution in [2.45, 2.75) is 90.8 Å². The summed E-state index contributed by atoms with van der Waals surface area (Å²) < 4.78 is 5.80. The van der Waals surface area contributed by atoms with Crippen LogP contribution in [0.25, 0.3) is 0 Å². The topological polar surface area (TPSA) is 58.6 Å². The Bertz CT molecular complexity index is 678. The molecule has 2 amide bonds. The number of hydrogen-bond acceptors (Lipinski definition) is 3. The van der Waals surface area contributed by atoms with E-state index in [1.54, 1.807) is 7.11 Å². The molecule has 1 fully saturated rings.